The van der Waals surface area contributed by atoms with Crippen molar-refractivity contribution in [3.05, 3.63) is 29.8 Å². The van der Waals surface area contributed by atoms with Crippen molar-refractivity contribution >= 4 is 17.5 Å². The van der Waals surface area contributed by atoms with E-state index < -0.39 is 0 Å². The predicted molar refractivity (Wildman–Crippen MR) is 79.5 cm³/mol. The Bertz CT molecular complexity index is 517. The number of nitrogens with one attached hydrogen (secondary N) is 2. The van der Waals surface area contributed by atoms with Crippen molar-refractivity contribution in [3.63, 3.8) is 0 Å². The van der Waals surface area contributed by atoms with Gasteiger partial charge >= 0.3 is 6.03 Å². The van der Waals surface area contributed by atoms with Crippen molar-refractivity contribution in [2.75, 3.05) is 18.5 Å². The molecule has 0 bridgehead atoms. The fraction of sp³-hybridized carbons (Fsp3) is 0.500. The number of Topliss-reactive ketones (excluding diaryl/α,β-unsaturated/α-hetero) is 1. The molecule has 5 heteroatoms. The first-order valence-corrected chi connectivity index (χ1v) is 7.52. The van der Waals surface area contributed by atoms with Crippen LogP contribution in [0.3, 0.4) is 0 Å². The van der Waals surface area contributed by atoms with Crippen LogP contribution in [-0.4, -0.2) is 31.1 Å². The van der Waals surface area contributed by atoms with E-state index >= 15 is 0 Å². The smallest absolute Gasteiger partial charge is 0.319 e. The number of benzene rings is 1. The summed E-state index contributed by atoms with van der Waals surface area (Å²) in [5.74, 6) is 0.439. The summed E-state index contributed by atoms with van der Waals surface area (Å²) in [6, 6.07) is 7.09. The number of ether oxygens (including phenoxy) is 1. The third-order valence-corrected chi connectivity index (χ3v) is 3.93. The summed E-state index contributed by atoms with van der Waals surface area (Å²) in [4.78, 5) is 23.8. The molecule has 2 N–H and O–H groups in total. The van der Waals surface area contributed by atoms with Gasteiger partial charge in [-0.25, -0.2) is 4.79 Å². The van der Waals surface area contributed by atoms with Crippen LogP contribution in [0.5, 0.6) is 0 Å². The number of ketones is 1. The molecule has 3 rings (SSSR count). The molecule has 5 nitrogen and oxygen atoms in total. The molecule has 2 fully saturated rings. The van der Waals surface area contributed by atoms with Crippen molar-refractivity contribution < 1.29 is 14.3 Å². The molecule has 0 spiro atoms. The van der Waals surface area contributed by atoms with E-state index in [4.69, 9.17) is 4.74 Å². The summed E-state index contributed by atoms with van der Waals surface area (Å²) in [7, 11) is 0. The molecule has 1 aliphatic heterocycles. The van der Waals surface area contributed by atoms with Gasteiger partial charge in [-0.05, 0) is 49.9 Å². The van der Waals surface area contributed by atoms with Crippen molar-refractivity contribution in [1.82, 2.24) is 5.32 Å². The number of anilines is 1. The number of amides is 2. The number of hydrogen-bond acceptors (Lipinski definition) is 3. The van der Waals surface area contributed by atoms with Crippen LogP contribution < -0.4 is 10.6 Å². The SMILES string of the molecule is O=C(Nc1ccc(C(=O)C2CC2)cc1)NC1CCOCC1. The van der Waals surface area contributed by atoms with Gasteiger partial charge in [-0.3, -0.25) is 4.79 Å². The largest absolute Gasteiger partial charge is 0.381 e. The lowest BCUT2D eigenvalue weighted by molar-refractivity contribution is 0.0806. The highest BCUT2D eigenvalue weighted by Crippen LogP contribution is 2.32. The second kappa shape index (κ2) is 6.26. The molecule has 1 aliphatic carbocycles. The first-order valence-electron chi connectivity index (χ1n) is 7.52. The van der Waals surface area contributed by atoms with Crippen LogP contribution in [-0.2, 0) is 4.74 Å². The summed E-state index contributed by atoms with van der Waals surface area (Å²) in [6.07, 6.45) is 3.71. The molecule has 2 aliphatic rings. The van der Waals surface area contributed by atoms with Gasteiger partial charge in [0, 0.05) is 36.4 Å². The zero-order valence-electron chi connectivity index (χ0n) is 11.9. The van der Waals surface area contributed by atoms with E-state index in [1.165, 1.54) is 0 Å². The summed E-state index contributed by atoms with van der Waals surface area (Å²) in [5.41, 5.74) is 1.43. The Hall–Kier alpha value is -1.88. The zero-order valence-corrected chi connectivity index (χ0v) is 11.9. The van der Waals surface area contributed by atoms with Crippen molar-refractivity contribution in [2.45, 2.75) is 31.7 Å². The van der Waals surface area contributed by atoms with Gasteiger partial charge < -0.3 is 15.4 Å². The van der Waals surface area contributed by atoms with Crippen molar-refractivity contribution in [1.29, 1.82) is 0 Å². The van der Waals surface area contributed by atoms with E-state index in [-0.39, 0.29) is 23.8 Å². The molecule has 0 unspecified atom stereocenters. The summed E-state index contributed by atoms with van der Waals surface area (Å²) >= 11 is 0. The highest BCUT2D eigenvalue weighted by molar-refractivity contribution is 6.00. The number of hydrogen-bond donors (Lipinski definition) is 2. The summed E-state index contributed by atoms with van der Waals surface area (Å²) in [5, 5.41) is 5.73. The third-order valence-electron chi connectivity index (χ3n) is 3.93. The van der Waals surface area contributed by atoms with Crippen LogP contribution in [0.1, 0.15) is 36.0 Å². The maximum absolute atomic E-state index is 11.9. The normalized spacial score (nSPS) is 19.0. The number of carbonyl (C=O) groups is 2. The molecule has 2 amide bonds. The van der Waals surface area contributed by atoms with E-state index in [0.29, 0.717) is 18.9 Å². The molecule has 0 radical (unpaired) electrons. The van der Waals surface area contributed by atoms with Crippen LogP contribution in [0, 0.1) is 5.92 Å². The molecule has 0 atom stereocenters. The standard InChI is InChI=1S/C16H20N2O3/c19-15(11-1-2-11)12-3-5-13(6-4-12)17-16(20)18-14-7-9-21-10-8-14/h3-6,11,14H,1-2,7-10H2,(H2,17,18,20). The second-order valence-corrected chi connectivity index (χ2v) is 5.70. The van der Waals surface area contributed by atoms with Gasteiger partial charge in [-0.2, -0.15) is 0 Å². The molecule has 1 saturated heterocycles. The van der Waals surface area contributed by atoms with Crippen LogP contribution >= 0.6 is 0 Å². The average molecular weight is 288 g/mol. The maximum Gasteiger partial charge on any atom is 0.319 e. The average Bonchev–Trinajstić information content (AvgIpc) is 3.33. The number of carbonyl (C=O) groups excluding carboxylic acids is 2. The predicted octanol–water partition coefficient (Wildman–Crippen LogP) is 2.58. The van der Waals surface area contributed by atoms with Crippen molar-refractivity contribution in [3.8, 4) is 0 Å². The Morgan fingerprint density at radius 1 is 1.00 bits per heavy atom. The second-order valence-electron chi connectivity index (χ2n) is 5.70. The van der Waals surface area contributed by atoms with E-state index in [2.05, 4.69) is 10.6 Å². The van der Waals surface area contributed by atoms with E-state index in [1.807, 2.05) is 0 Å². The summed E-state index contributed by atoms with van der Waals surface area (Å²) < 4.78 is 5.26. The zero-order chi connectivity index (χ0) is 14.7. The van der Waals surface area contributed by atoms with E-state index in [1.54, 1.807) is 24.3 Å². The lowest BCUT2D eigenvalue weighted by atomic mass is 10.1. The Labute approximate surface area is 124 Å². The lowest BCUT2D eigenvalue weighted by Gasteiger charge is -2.23. The highest BCUT2D eigenvalue weighted by Gasteiger charge is 2.30. The minimum atomic E-state index is -0.205. The van der Waals surface area contributed by atoms with Gasteiger partial charge in [0.25, 0.3) is 0 Å². The monoisotopic (exact) mass is 288 g/mol. The highest BCUT2D eigenvalue weighted by atomic mass is 16.5. The third kappa shape index (κ3) is 3.82. The van der Waals surface area contributed by atoms with Crippen LogP contribution in [0.2, 0.25) is 0 Å². The Kier molecular flexibility index (Phi) is 4.20. The maximum atomic E-state index is 11.9. The van der Waals surface area contributed by atoms with Gasteiger partial charge in [0.2, 0.25) is 0 Å². The molecule has 0 aromatic heterocycles. The quantitative estimate of drug-likeness (QED) is 0.837. The van der Waals surface area contributed by atoms with Crippen LogP contribution in [0.15, 0.2) is 24.3 Å². The minimum Gasteiger partial charge on any atom is -0.381 e. The summed E-state index contributed by atoms with van der Waals surface area (Å²) in [6.45, 7) is 1.39. The van der Waals surface area contributed by atoms with Gasteiger partial charge in [-0.15, -0.1) is 0 Å². The molecule has 112 valence electrons. The van der Waals surface area contributed by atoms with Gasteiger partial charge in [-0.1, -0.05) is 0 Å². The van der Waals surface area contributed by atoms with E-state index in [0.717, 1.165) is 31.2 Å². The molecular formula is C16H20N2O3. The fourth-order valence-electron chi connectivity index (χ4n) is 2.49. The molecule has 1 aromatic carbocycles. The molecular weight excluding hydrogens is 268 g/mol. The van der Waals surface area contributed by atoms with Gasteiger partial charge in [0.1, 0.15) is 0 Å². The van der Waals surface area contributed by atoms with Crippen LogP contribution in [0.4, 0.5) is 10.5 Å². The van der Waals surface area contributed by atoms with Crippen LogP contribution in [0.25, 0.3) is 0 Å². The Balaban J connectivity index is 1.52. The Morgan fingerprint density at radius 3 is 2.29 bits per heavy atom. The topological polar surface area (TPSA) is 67.4 Å². The van der Waals surface area contributed by atoms with Gasteiger partial charge in [0.05, 0.1) is 0 Å². The van der Waals surface area contributed by atoms with E-state index in [9.17, 15) is 9.59 Å². The minimum absolute atomic E-state index is 0.175. The first-order chi connectivity index (χ1) is 10.2. The van der Waals surface area contributed by atoms with Gasteiger partial charge in [0.15, 0.2) is 5.78 Å². The molecule has 1 heterocycles. The first kappa shape index (κ1) is 14.1. The molecule has 21 heavy (non-hydrogen) atoms. The Morgan fingerprint density at radius 2 is 1.67 bits per heavy atom. The molecule has 1 aromatic rings. The van der Waals surface area contributed by atoms with Crippen molar-refractivity contribution in [2.24, 2.45) is 5.92 Å². The lowest BCUT2D eigenvalue weighted by Crippen LogP contribution is -2.41. The number of urea groups is 1. The molecule has 1 saturated carbocycles. The fourth-order valence-corrected chi connectivity index (χ4v) is 2.49. The number of rotatable bonds is 4.